The summed E-state index contributed by atoms with van der Waals surface area (Å²) in [5.41, 5.74) is 0. The van der Waals surface area contributed by atoms with Gasteiger partial charge in [-0.15, -0.1) is 0 Å². The molecule has 0 aliphatic rings. The van der Waals surface area contributed by atoms with E-state index in [1.807, 2.05) is 19.2 Å². The third-order valence-electron chi connectivity index (χ3n) is 1.87. The summed E-state index contributed by atoms with van der Waals surface area (Å²) in [7, 11) is 0. The average Bonchev–Trinajstić information content (AvgIpc) is 2.24. The number of carboxylic acid groups (broad SMARTS) is 1. The number of aliphatic hydroxyl groups excluding tert-OH is 1. The fourth-order valence-electron chi connectivity index (χ4n) is 1.08. The molecule has 0 heterocycles. The highest BCUT2D eigenvalue weighted by molar-refractivity contribution is 5.83. The van der Waals surface area contributed by atoms with E-state index in [0.717, 1.165) is 0 Å². The molecule has 0 saturated carbocycles. The second kappa shape index (κ2) is 8.29. The van der Waals surface area contributed by atoms with E-state index in [1.165, 1.54) is 0 Å². The Morgan fingerprint density at radius 3 is 2.22 bits per heavy atom. The first kappa shape index (κ1) is 16.2. The van der Waals surface area contributed by atoms with Gasteiger partial charge in [-0.2, -0.15) is 0 Å². The molecule has 0 fully saturated rings. The van der Waals surface area contributed by atoms with Crippen molar-refractivity contribution in [2.75, 3.05) is 13.2 Å². The van der Waals surface area contributed by atoms with E-state index in [4.69, 9.17) is 10.2 Å². The molecule has 8 heteroatoms. The Labute approximate surface area is 105 Å². The number of nitrogens with one attached hydrogen (secondary N) is 3. The molecule has 0 spiro atoms. The zero-order valence-electron chi connectivity index (χ0n) is 10.4. The van der Waals surface area contributed by atoms with Crippen LogP contribution < -0.4 is 16.0 Å². The first-order valence-corrected chi connectivity index (χ1v) is 5.54. The number of hydrogen-bond acceptors (Lipinski definition) is 4. The number of hydrogen-bond donors (Lipinski definition) is 5. The maximum absolute atomic E-state index is 11.2. The molecule has 18 heavy (non-hydrogen) atoms. The molecule has 1 atom stereocenters. The second-order valence-electron chi connectivity index (χ2n) is 3.95. The van der Waals surface area contributed by atoms with Crippen LogP contribution in [0, 0.1) is 0 Å². The van der Waals surface area contributed by atoms with E-state index in [0.29, 0.717) is 0 Å². The van der Waals surface area contributed by atoms with Crippen LogP contribution in [0.5, 0.6) is 0 Å². The van der Waals surface area contributed by atoms with Gasteiger partial charge in [0.1, 0.15) is 0 Å². The molecular formula is C10H19N3O5. The van der Waals surface area contributed by atoms with Crippen molar-refractivity contribution in [2.45, 2.75) is 32.4 Å². The highest BCUT2D eigenvalue weighted by Crippen LogP contribution is 1.84. The molecule has 0 aromatic rings. The lowest BCUT2D eigenvalue weighted by Crippen LogP contribution is -2.48. The summed E-state index contributed by atoms with van der Waals surface area (Å²) < 4.78 is 0. The first-order chi connectivity index (χ1) is 8.36. The van der Waals surface area contributed by atoms with Gasteiger partial charge in [0.2, 0.25) is 5.91 Å². The summed E-state index contributed by atoms with van der Waals surface area (Å²) in [5.74, 6) is -1.53. The zero-order chi connectivity index (χ0) is 14.1. The number of carbonyl (C=O) groups is 3. The Bertz CT molecular complexity index is 306. The van der Waals surface area contributed by atoms with Crippen molar-refractivity contribution in [2.24, 2.45) is 0 Å². The van der Waals surface area contributed by atoms with Crippen LogP contribution >= 0.6 is 0 Å². The van der Waals surface area contributed by atoms with E-state index >= 15 is 0 Å². The standard InChI is InChI=1S/C10H19N3O5/c1-6(2)12-8(15)3-4-11-10(18)13-7(5-14)9(16)17/h6-7,14H,3-5H2,1-2H3,(H,12,15)(H,16,17)(H2,11,13,18)/t7-/m1/s1. The van der Waals surface area contributed by atoms with Crippen LogP contribution in [0.25, 0.3) is 0 Å². The quantitative estimate of drug-likeness (QED) is 0.387. The molecule has 0 saturated heterocycles. The molecule has 0 aromatic heterocycles. The van der Waals surface area contributed by atoms with E-state index in [1.54, 1.807) is 0 Å². The van der Waals surface area contributed by atoms with E-state index in [9.17, 15) is 14.4 Å². The summed E-state index contributed by atoms with van der Waals surface area (Å²) in [4.78, 5) is 32.9. The molecule has 0 aliphatic carbocycles. The van der Waals surface area contributed by atoms with Crippen LogP contribution in [0.15, 0.2) is 0 Å². The van der Waals surface area contributed by atoms with Crippen molar-refractivity contribution in [1.29, 1.82) is 0 Å². The van der Waals surface area contributed by atoms with Crippen molar-refractivity contribution >= 4 is 17.9 Å². The highest BCUT2D eigenvalue weighted by atomic mass is 16.4. The molecule has 104 valence electrons. The Balaban J connectivity index is 3.83. The van der Waals surface area contributed by atoms with Crippen LogP contribution in [0.1, 0.15) is 20.3 Å². The second-order valence-corrected chi connectivity index (χ2v) is 3.95. The van der Waals surface area contributed by atoms with Gasteiger partial charge in [0.25, 0.3) is 0 Å². The topological polar surface area (TPSA) is 128 Å². The predicted molar refractivity (Wildman–Crippen MR) is 62.9 cm³/mol. The van der Waals surface area contributed by atoms with E-state index in [-0.39, 0.29) is 24.9 Å². The molecular weight excluding hydrogens is 242 g/mol. The fourth-order valence-corrected chi connectivity index (χ4v) is 1.08. The lowest BCUT2D eigenvalue weighted by molar-refractivity contribution is -0.140. The number of carbonyl (C=O) groups excluding carboxylic acids is 2. The maximum Gasteiger partial charge on any atom is 0.328 e. The van der Waals surface area contributed by atoms with Crippen molar-refractivity contribution < 1.29 is 24.6 Å². The van der Waals surface area contributed by atoms with Crippen LogP contribution in [0.2, 0.25) is 0 Å². The van der Waals surface area contributed by atoms with Crippen molar-refractivity contribution in [3.8, 4) is 0 Å². The Morgan fingerprint density at radius 1 is 1.17 bits per heavy atom. The predicted octanol–water partition coefficient (Wildman–Crippen LogP) is -1.35. The summed E-state index contributed by atoms with van der Waals surface area (Å²) in [6.07, 6.45) is 0.0997. The monoisotopic (exact) mass is 261 g/mol. The SMILES string of the molecule is CC(C)NC(=O)CCNC(=O)N[C@H](CO)C(=O)O. The van der Waals surface area contributed by atoms with E-state index in [2.05, 4.69) is 10.6 Å². The van der Waals surface area contributed by atoms with Crippen molar-refractivity contribution in [3.05, 3.63) is 0 Å². The third-order valence-corrected chi connectivity index (χ3v) is 1.87. The zero-order valence-corrected chi connectivity index (χ0v) is 10.4. The van der Waals surface area contributed by atoms with Gasteiger partial charge in [-0.25, -0.2) is 9.59 Å². The lowest BCUT2D eigenvalue weighted by atomic mass is 10.3. The van der Waals surface area contributed by atoms with Gasteiger partial charge in [0.05, 0.1) is 6.61 Å². The van der Waals surface area contributed by atoms with Crippen molar-refractivity contribution in [3.63, 3.8) is 0 Å². The minimum Gasteiger partial charge on any atom is -0.480 e. The molecule has 8 nitrogen and oxygen atoms in total. The summed E-state index contributed by atoms with van der Waals surface area (Å²) in [6.45, 7) is 3.02. The number of rotatable bonds is 7. The van der Waals surface area contributed by atoms with Gasteiger partial charge in [0.15, 0.2) is 6.04 Å². The summed E-state index contributed by atoms with van der Waals surface area (Å²) in [6, 6.07) is -2.07. The number of amides is 3. The molecule has 0 unspecified atom stereocenters. The van der Waals surface area contributed by atoms with Crippen molar-refractivity contribution in [1.82, 2.24) is 16.0 Å². The molecule has 3 amide bonds. The number of carboxylic acids is 1. The van der Waals surface area contributed by atoms with Gasteiger partial charge < -0.3 is 26.2 Å². The normalized spacial score (nSPS) is 11.8. The minimum absolute atomic E-state index is 0.0251. The smallest absolute Gasteiger partial charge is 0.328 e. The van der Waals surface area contributed by atoms with Crippen LogP contribution in [-0.4, -0.2) is 53.4 Å². The maximum atomic E-state index is 11.2. The molecule has 0 radical (unpaired) electrons. The van der Waals surface area contributed by atoms with Crippen LogP contribution in [0.4, 0.5) is 4.79 Å². The Hall–Kier alpha value is -1.83. The van der Waals surface area contributed by atoms with E-state index < -0.39 is 24.6 Å². The summed E-state index contributed by atoms with van der Waals surface area (Å²) in [5, 5.41) is 24.3. The number of aliphatic hydroxyl groups is 1. The van der Waals surface area contributed by atoms with Gasteiger partial charge in [-0.1, -0.05) is 0 Å². The first-order valence-electron chi connectivity index (χ1n) is 5.54. The summed E-state index contributed by atoms with van der Waals surface area (Å²) >= 11 is 0. The molecule has 0 rings (SSSR count). The fraction of sp³-hybridized carbons (Fsp3) is 0.700. The van der Waals surface area contributed by atoms with Gasteiger partial charge >= 0.3 is 12.0 Å². The number of urea groups is 1. The molecule has 0 aromatic carbocycles. The Kier molecular flexibility index (Phi) is 7.45. The molecule has 5 N–H and O–H groups in total. The minimum atomic E-state index is -1.35. The third kappa shape index (κ3) is 7.44. The van der Waals surface area contributed by atoms with Crippen LogP contribution in [-0.2, 0) is 9.59 Å². The van der Waals surface area contributed by atoms with Gasteiger partial charge in [-0.05, 0) is 13.8 Å². The lowest BCUT2D eigenvalue weighted by Gasteiger charge is -2.13. The number of aliphatic carboxylic acids is 1. The van der Waals surface area contributed by atoms with Crippen LogP contribution in [0.3, 0.4) is 0 Å². The van der Waals surface area contributed by atoms with Gasteiger partial charge in [-0.3, -0.25) is 4.79 Å². The Morgan fingerprint density at radius 2 is 1.78 bits per heavy atom. The average molecular weight is 261 g/mol. The van der Waals surface area contributed by atoms with Gasteiger partial charge in [0, 0.05) is 19.0 Å². The molecule has 0 aliphatic heterocycles. The largest absolute Gasteiger partial charge is 0.480 e. The highest BCUT2D eigenvalue weighted by Gasteiger charge is 2.18. The molecule has 0 bridgehead atoms.